The van der Waals surface area contributed by atoms with Gasteiger partial charge in [-0.1, -0.05) is 17.3 Å². The van der Waals surface area contributed by atoms with Crippen molar-refractivity contribution in [3.05, 3.63) is 30.5 Å². The Labute approximate surface area is 99.1 Å². The highest BCUT2D eigenvalue weighted by Gasteiger charge is 2.06. The maximum absolute atomic E-state index is 5.63. The van der Waals surface area contributed by atoms with Crippen molar-refractivity contribution in [3.63, 3.8) is 0 Å². The number of hydrogen-bond acceptors (Lipinski definition) is 5. The summed E-state index contributed by atoms with van der Waals surface area (Å²) in [5.74, 6) is 1.11. The van der Waals surface area contributed by atoms with Crippen LogP contribution in [0.1, 0.15) is 0 Å². The number of anilines is 1. The lowest BCUT2D eigenvalue weighted by Crippen LogP contribution is -2.03. The highest BCUT2D eigenvalue weighted by atomic mass is 16.5. The molecule has 0 amide bonds. The molecular weight excluding hydrogens is 220 g/mol. The van der Waals surface area contributed by atoms with Gasteiger partial charge in [0, 0.05) is 7.11 Å². The number of hydrogen-bond donors (Lipinski definition) is 1. The van der Waals surface area contributed by atoms with E-state index in [-0.39, 0.29) is 0 Å². The maximum atomic E-state index is 5.63. The van der Waals surface area contributed by atoms with E-state index in [1.54, 1.807) is 13.3 Å². The van der Waals surface area contributed by atoms with Gasteiger partial charge in [0.25, 0.3) is 0 Å². The average molecular weight is 234 g/mol. The Bertz CT molecular complexity index is 465. The summed E-state index contributed by atoms with van der Waals surface area (Å²) in [6.07, 6.45) is 1.59. The molecule has 0 spiro atoms. The molecule has 2 N–H and O–H groups in total. The first-order valence-electron chi connectivity index (χ1n) is 5.23. The van der Waals surface area contributed by atoms with E-state index in [0.29, 0.717) is 19.1 Å². The van der Waals surface area contributed by atoms with Gasteiger partial charge in [-0.3, -0.25) is 0 Å². The molecule has 0 saturated heterocycles. The summed E-state index contributed by atoms with van der Waals surface area (Å²) in [7, 11) is 1.64. The van der Waals surface area contributed by atoms with Gasteiger partial charge >= 0.3 is 0 Å². The Kier molecular flexibility index (Phi) is 3.62. The minimum atomic E-state index is 0.318. The molecule has 2 aromatic rings. The second-order valence-electron chi connectivity index (χ2n) is 3.47. The van der Waals surface area contributed by atoms with Crippen LogP contribution in [0.15, 0.2) is 35.0 Å². The van der Waals surface area contributed by atoms with Gasteiger partial charge < -0.3 is 19.7 Å². The Morgan fingerprint density at radius 1 is 1.24 bits per heavy atom. The number of ether oxygens (including phenoxy) is 2. The Balaban J connectivity index is 2.06. The van der Waals surface area contributed by atoms with Crippen molar-refractivity contribution in [2.45, 2.75) is 0 Å². The Morgan fingerprint density at radius 3 is 2.59 bits per heavy atom. The van der Waals surface area contributed by atoms with Crippen molar-refractivity contribution in [1.82, 2.24) is 5.16 Å². The van der Waals surface area contributed by atoms with Crippen molar-refractivity contribution < 1.29 is 14.0 Å². The number of methoxy groups -OCH3 is 1. The van der Waals surface area contributed by atoms with Crippen LogP contribution < -0.4 is 10.5 Å². The van der Waals surface area contributed by atoms with E-state index in [1.165, 1.54) is 0 Å². The smallest absolute Gasteiger partial charge is 0.229 e. The van der Waals surface area contributed by atoms with E-state index in [2.05, 4.69) is 5.16 Å². The zero-order valence-corrected chi connectivity index (χ0v) is 9.55. The van der Waals surface area contributed by atoms with Crippen LogP contribution in [0.25, 0.3) is 11.1 Å². The fourth-order valence-electron chi connectivity index (χ4n) is 1.44. The van der Waals surface area contributed by atoms with Gasteiger partial charge in [-0.05, 0) is 17.7 Å². The van der Waals surface area contributed by atoms with Gasteiger partial charge in [-0.15, -0.1) is 0 Å². The fraction of sp³-hybridized carbons (Fsp3) is 0.250. The Hall–Kier alpha value is -2.01. The molecule has 5 heteroatoms. The van der Waals surface area contributed by atoms with Gasteiger partial charge in [0.2, 0.25) is 5.88 Å². The van der Waals surface area contributed by atoms with Gasteiger partial charge in [0.1, 0.15) is 12.4 Å². The number of nitrogens with two attached hydrogens (primary N) is 1. The molecular formula is C12H14N2O3. The van der Waals surface area contributed by atoms with Crippen LogP contribution in [0.4, 0.5) is 5.88 Å². The molecule has 90 valence electrons. The maximum Gasteiger partial charge on any atom is 0.229 e. The number of nitrogens with zero attached hydrogens (tertiary/aromatic N) is 1. The summed E-state index contributed by atoms with van der Waals surface area (Å²) < 4.78 is 15.2. The van der Waals surface area contributed by atoms with E-state index >= 15 is 0 Å². The van der Waals surface area contributed by atoms with Crippen molar-refractivity contribution in [2.75, 3.05) is 26.1 Å². The first-order chi connectivity index (χ1) is 8.31. The van der Waals surface area contributed by atoms with Crippen LogP contribution in [-0.4, -0.2) is 25.5 Å². The van der Waals surface area contributed by atoms with Gasteiger partial charge in [0.05, 0.1) is 18.4 Å². The summed E-state index contributed by atoms with van der Waals surface area (Å²) >= 11 is 0. The fourth-order valence-corrected chi connectivity index (χ4v) is 1.44. The monoisotopic (exact) mass is 234 g/mol. The molecule has 0 aliphatic heterocycles. The average Bonchev–Trinajstić information content (AvgIpc) is 2.77. The van der Waals surface area contributed by atoms with Crippen LogP contribution in [0, 0.1) is 0 Å². The third kappa shape index (κ3) is 2.76. The van der Waals surface area contributed by atoms with E-state index < -0.39 is 0 Å². The topological polar surface area (TPSA) is 70.5 Å². The number of benzene rings is 1. The van der Waals surface area contributed by atoms with Gasteiger partial charge in [-0.25, -0.2) is 0 Å². The molecule has 0 bridgehead atoms. The highest BCUT2D eigenvalue weighted by molar-refractivity contribution is 5.72. The lowest BCUT2D eigenvalue weighted by molar-refractivity contribution is 0.146. The van der Waals surface area contributed by atoms with Crippen molar-refractivity contribution in [2.24, 2.45) is 0 Å². The summed E-state index contributed by atoms with van der Waals surface area (Å²) in [4.78, 5) is 0. The summed E-state index contributed by atoms with van der Waals surface area (Å²) in [5, 5.41) is 3.63. The van der Waals surface area contributed by atoms with E-state index in [4.69, 9.17) is 19.7 Å². The standard InChI is InChI=1S/C12H14N2O3/c1-15-6-7-16-10-4-2-9(3-5-10)11-8-14-17-12(11)13/h2-5,8H,6-7,13H2,1H3. The van der Waals surface area contributed by atoms with Crippen molar-refractivity contribution in [3.8, 4) is 16.9 Å². The molecule has 0 aliphatic rings. The predicted octanol–water partition coefficient (Wildman–Crippen LogP) is 1.95. The lowest BCUT2D eigenvalue weighted by atomic mass is 10.1. The van der Waals surface area contributed by atoms with Crippen LogP contribution >= 0.6 is 0 Å². The van der Waals surface area contributed by atoms with E-state index in [1.807, 2.05) is 24.3 Å². The molecule has 1 aromatic carbocycles. The van der Waals surface area contributed by atoms with Crippen LogP contribution in [0.3, 0.4) is 0 Å². The molecule has 0 aliphatic carbocycles. The number of aromatic nitrogens is 1. The molecule has 0 unspecified atom stereocenters. The second kappa shape index (κ2) is 5.36. The first kappa shape index (κ1) is 11.5. The molecule has 1 heterocycles. The normalized spacial score (nSPS) is 10.4. The summed E-state index contributed by atoms with van der Waals surface area (Å²) in [6, 6.07) is 7.56. The number of nitrogen functional groups attached to an aromatic ring is 1. The van der Waals surface area contributed by atoms with Gasteiger partial charge in [-0.2, -0.15) is 0 Å². The molecule has 2 rings (SSSR count). The molecule has 0 radical (unpaired) electrons. The molecule has 0 fully saturated rings. The SMILES string of the molecule is COCCOc1ccc(-c2cnoc2N)cc1. The molecule has 0 atom stereocenters. The van der Waals surface area contributed by atoms with Gasteiger partial charge in [0.15, 0.2) is 0 Å². The largest absolute Gasteiger partial charge is 0.491 e. The number of rotatable bonds is 5. The third-order valence-corrected chi connectivity index (χ3v) is 2.32. The van der Waals surface area contributed by atoms with Crippen molar-refractivity contribution in [1.29, 1.82) is 0 Å². The molecule has 17 heavy (non-hydrogen) atoms. The summed E-state index contributed by atoms with van der Waals surface area (Å²) in [5.41, 5.74) is 7.36. The van der Waals surface area contributed by atoms with Crippen molar-refractivity contribution >= 4 is 5.88 Å². The zero-order valence-electron chi connectivity index (χ0n) is 9.55. The molecule has 0 saturated carbocycles. The van der Waals surface area contributed by atoms with E-state index in [9.17, 15) is 0 Å². The molecule has 1 aromatic heterocycles. The minimum Gasteiger partial charge on any atom is -0.491 e. The molecule has 5 nitrogen and oxygen atoms in total. The zero-order chi connectivity index (χ0) is 12.1. The highest BCUT2D eigenvalue weighted by Crippen LogP contribution is 2.26. The van der Waals surface area contributed by atoms with Crippen LogP contribution in [0.5, 0.6) is 5.75 Å². The first-order valence-corrected chi connectivity index (χ1v) is 5.23. The van der Waals surface area contributed by atoms with Crippen LogP contribution in [0.2, 0.25) is 0 Å². The minimum absolute atomic E-state index is 0.318. The summed E-state index contributed by atoms with van der Waals surface area (Å²) in [6.45, 7) is 1.10. The second-order valence-corrected chi connectivity index (χ2v) is 3.47. The lowest BCUT2D eigenvalue weighted by Gasteiger charge is -2.05. The third-order valence-electron chi connectivity index (χ3n) is 2.32. The predicted molar refractivity (Wildman–Crippen MR) is 63.7 cm³/mol. The van der Waals surface area contributed by atoms with Crippen LogP contribution in [-0.2, 0) is 4.74 Å². The van der Waals surface area contributed by atoms with E-state index in [0.717, 1.165) is 16.9 Å². The quantitative estimate of drug-likeness (QED) is 0.800. The Morgan fingerprint density at radius 2 is 2.00 bits per heavy atom.